The fourth-order valence-corrected chi connectivity index (χ4v) is 3.76. The quantitative estimate of drug-likeness (QED) is 0.210. The third-order valence-electron chi connectivity index (χ3n) is 5.49. The molecule has 0 unspecified atom stereocenters. The van der Waals surface area contributed by atoms with Crippen molar-refractivity contribution in [1.29, 1.82) is 0 Å². The second kappa shape index (κ2) is 11.5. The van der Waals surface area contributed by atoms with Gasteiger partial charge in [-0.25, -0.2) is 10.9 Å². The Morgan fingerprint density at radius 2 is 1.00 bits per heavy atom. The summed E-state index contributed by atoms with van der Waals surface area (Å²) in [4.78, 5) is 24.1. The molecular weight excluding hydrogens is 424 g/mol. The third kappa shape index (κ3) is 6.13. The molecule has 6 heteroatoms. The molecule has 0 aliphatic rings. The summed E-state index contributed by atoms with van der Waals surface area (Å²) in [5.41, 5.74) is 7.00. The minimum atomic E-state index is -0.175. The van der Waals surface area contributed by atoms with Crippen LogP contribution < -0.4 is 10.9 Å². The fourth-order valence-electron chi connectivity index (χ4n) is 3.76. The number of amides is 2. The number of unbranched alkanes of at least 4 members (excludes halogenated alkanes) is 1. The lowest BCUT2D eigenvalue weighted by molar-refractivity contribution is -0.123. The first kappa shape index (κ1) is 22.9. The number of carbonyl (C=O) groups excluding carboxylic acids is 2. The van der Waals surface area contributed by atoms with Crippen LogP contribution >= 0.6 is 0 Å². The van der Waals surface area contributed by atoms with E-state index in [2.05, 4.69) is 21.1 Å². The van der Waals surface area contributed by atoms with Crippen molar-refractivity contribution in [2.24, 2.45) is 10.2 Å². The van der Waals surface area contributed by atoms with Gasteiger partial charge in [-0.3, -0.25) is 9.59 Å². The summed E-state index contributed by atoms with van der Waals surface area (Å²) in [5.74, 6) is -0.350. The number of nitrogens with one attached hydrogen (secondary N) is 2. The minimum absolute atomic E-state index is 0.175. The van der Waals surface area contributed by atoms with Crippen LogP contribution in [0.15, 0.2) is 95.1 Å². The van der Waals surface area contributed by atoms with Gasteiger partial charge in [-0.1, -0.05) is 84.9 Å². The third-order valence-corrected chi connectivity index (χ3v) is 5.49. The lowest BCUT2D eigenvalue weighted by Gasteiger charge is -2.03. The molecule has 4 aromatic carbocycles. The van der Waals surface area contributed by atoms with Gasteiger partial charge < -0.3 is 0 Å². The SMILES string of the molecule is O=C(CCCCC(=O)N/N=C/c1cccc2ccccc12)N/N=C/c1cccc2ccccc12. The number of rotatable bonds is 9. The normalized spacial score (nSPS) is 11.4. The molecule has 0 bridgehead atoms. The maximum absolute atomic E-state index is 12.0. The van der Waals surface area contributed by atoms with Gasteiger partial charge in [0.15, 0.2) is 0 Å². The predicted molar refractivity (Wildman–Crippen MR) is 138 cm³/mol. The van der Waals surface area contributed by atoms with Crippen molar-refractivity contribution in [3.63, 3.8) is 0 Å². The molecule has 0 spiro atoms. The largest absolute Gasteiger partial charge is 0.273 e. The van der Waals surface area contributed by atoms with Gasteiger partial charge in [-0.15, -0.1) is 0 Å². The summed E-state index contributed by atoms with van der Waals surface area (Å²) in [7, 11) is 0. The Morgan fingerprint density at radius 1 is 0.588 bits per heavy atom. The van der Waals surface area contributed by atoms with Crippen molar-refractivity contribution < 1.29 is 9.59 Å². The molecule has 2 amide bonds. The topological polar surface area (TPSA) is 82.9 Å². The van der Waals surface area contributed by atoms with Crippen molar-refractivity contribution in [3.05, 3.63) is 96.1 Å². The highest BCUT2D eigenvalue weighted by atomic mass is 16.2. The van der Waals surface area contributed by atoms with E-state index < -0.39 is 0 Å². The van der Waals surface area contributed by atoms with Crippen LogP contribution in [-0.2, 0) is 9.59 Å². The van der Waals surface area contributed by atoms with Crippen molar-refractivity contribution in [1.82, 2.24) is 10.9 Å². The van der Waals surface area contributed by atoms with E-state index in [0.29, 0.717) is 25.7 Å². The minimum Gasteiger partial charge on any atom is -0.273 e. The predicted octanol–water partition coefficient (Wildman–Crippen LogP) is 5.15. The standard InChI is InChI=1S/C28H26N4O2/c33-27(31-29-19-23-13-7-11-21-9-1-3-15-25(21)23)17-5-6-18-28(34)32-30-20-24-14-8-12-22-10-2-4-16-26(22)24/h1-4,7-16,19-20H,5-6,17-18H2,(H,31,33)(H,32,34)/b29-19+,30-20+. The van der Waals surface area contributed by atoms with Gasteiger partial charge in [0, 0.05) is 24.0 Å². The Kier molecular flexibility index (Phi) is 7.74. The van der Waals surface area contributed by atoms with E-state index in [9.17, 15) is 9.59 Å². The zero-order chi connectivity index (χ0) is 23.6. The van der Waals surface area contributed by atoms with Gasteiger partial charge in [0.1, 0.15) is 0 Å². The molecular formula is C28H26N4O2. The van der Waals surface area contributed by atoms with Crippen LogP contribution in [0, 0.1) is 0 Å². The molecule has 34 heavy (non-hydrogen) atoms. The van der Waals surface area contributed by atoms with Crippen molar-refractivity contribution in [2.75, 3.05) is 0 Å². The lowest BCUT2D eigenvalue weighted by atomic mass is 10.1. The molecule has 0 saturated heterocycles. The van der Waals surface area contributed by atoms with E-state index >= 15 is 0 Å². The average Bonchev–Trinajstić information content (AvgIpc) is 2.87. The molecule has 2 N–H and O–H groups in total. The fraction of sp³-hybridized carbons (Fsp3) is 0.143. The summed E-state index contributed by atoms with van der Waals surface area (Å²) in [6, 6.07) is 28.0. The highest BCUT2D eigenvalue weighted by Gasteiger charge is 2.04. The maximum atomic E-state index is 12.0. The first-order valence-corrected chi connectivity index (χ1v) is 11.3. The van der Waals surface area contributed by atoms with Gasteiger partial charge >= 0.3 is 0 Å². The Morgan fingerprint density at radius 3 is 1.47 bits per heavy atom. The average molecular weight is 451 g/mol. The molecule has 0 fully saturated rings. The number of nitrogens with zero attached hydrogens (tertiary/aromatic N) is 2. The van der Waals surface area contributed by atoms with Gasteiger partial charge in [-0.2, -0.15) is 10.2 Å². The first-order chi connectivity index (χ1) is 16.7. The summed E-state index contributed by atoms with van der Waals surface area (Å²) in [6.45, 7) is 0. The zero-order valence-electron chi connectivity index (χ0n) is 18.8. The molecule has 0 aromatic heterocycles. The van der Waals surface area contributed by atoms with Crippen LogP contribution in [0.2, 0.25) is 0 Å². The van der Waals surface area contributed by atoms with Gasteiger partial charge in [0.05, 0.1) is 12.4 Å². The number of hydrogen-bond donors (Lipinski definition) is 2. The van der Waals surface area contributed by atoms with Crippen molar-refractivity contribution >= 4 is 45.8 Å². The highest BCUT2D eigenvalue weighted by molar-refractivity contribution is 6.00. The number of hydrazone groups is 2. The molecule has 0 aliphatic carbocycles. The van der Waals surface area contributed by atoms with E-state index in [4.69, 9.17) is 0 Å². The van der Waals surface area contributed by atoms with E-state index in [1.807, 2.05) is 84.9 Å². The van der Waals surface area contributed by atoms with Crippen molar-refractivity contribution in [2.45, 2.75) is 25.7 Å². The van der Waals surface area contributed by atoms with E-state index in [-0.39, 0.29) is 11.8 Å². The van der Waals surface area contributed by atoms with Crippen LogP contribution in [0.5, 0.6) is 0 Å². The number of hydrogen-bond acceptors (Lipinski definition) is 4. The molecule has 6 nitrogen and oxygen atoms in total. The van der Waals surface area contributed by atoms with Gasteiger partial charge in [-0.05, 0) is 34.4 Å². The van der Waals surface area contributed by atoms with Crippen LogP contribution in [0.1, 0.15) is 36.8 Å². The van der Waals surface area contributed by atoms with Crippen LogP contribution in [0.3, 0.4) is 0 Å². The molecule has 0 saturated carbocycles. The van der Waals surface area contributed by atoms with Crippen LogP contribution in [0.4, 0.5) is 0 Å². The lowest BCUT2D eigenvalue weighted by Crippen LogP contribution is -2.19. The Balaban J connectivity index is 1.16. The second-order valence-electron chi connectivity index (χ2n) is 7.93. The molecule has 0 radical (unpaired) electrons. The molecule has 4 aromatic rings. The van der Waals surface area contributed by atoms with Gasteiger partial charge in [0.25, 0.3) is 0 Å². The Labute approximate surface area is 198 Å². The zero-order valence-corrected chi connectivity index (χ0v) is 18.8. The van der Waals surface area contributed by atoms with Crippen LogP contribution in [-0.4, -0.2) is 24.2 Å². The molecule has 0 atom stereocenters. The monoisotopic (exact) mass is 450 g/mol. The molecule has 0 aliphatic heterocycles. The molecule has 4 rings (SSSR count). The number of carbonyl (C=O) groups is 2. The Bertz CT molecular complexity index is 1250. The van der Waals surface area contributed by atoms with Crippen LogP contribution in [0.25, 0.3) is 21.5 Å². The molecule has 170 valence electrons. The first-order valence-electron chi connectivity index (χ1n) is 11.3. The molecule has 0 heterocycles. The summed E-state index contributed by atoms with van der Waals surface area (Å²) in [6.07, 6.45) is 5.11. The Hall–Kier alpha value is -4.32. The van der Waals surface area contributed by atoms with Gasteiger partial charge in [0.2, 0.25) is 11.8 Å². The highest BCUT2D eigenvalue weighted by Crippen LogP contribution is 2.17. The van der Waals surface area contributed by atoms with Crippen molar-refractivity contribution in [3.8, 4) is 0 Å². The summed E-state index contributed by atoms with van der Waals surface area (Å²) >= 11 is 0. The maximum Gasteiger partial charge on any atom is 0.240 e. The summed E-state index contributed by atoms with van der Waals surface area (Å²) < 4.78 is 0. The number of benzene rings is 4. The van der Waals surface area contributed by atoms with E-state index in [0.717, 1.165) is 32.7 Å². The number of fused-ring (bicyclic) bond motifs is 2. The second-order valence-corrected chi connectivity index (χ2v) is 7.93. The smallest absolute Gasteiger partial charge is 0.240 e. The van der Waals surface area contributed by atoms with E-state index in [1.54, 1.807) is 12.4 Å². The van der Waals surface area contributed by atoms with E-state index in [1.165, 1.54) is 0 Å². The summed E-state index contributed by atoms with van der Waals surface area (Å²) in [5, 5.41) is 12.6.